The number of carbonyl (C=O) groups is 1. The molecular formula is C12H22N2O3. The lowest BCUT2D eigenvalue weighted by Gasteiger charge is -2.25. The van der Waals surface area contributed by atoms with Crippen LogP contribution in [-0.4, -0.2) is 63.4 Å². The third-order valence-corrected chi connectivity index (χ3v) is 3.65. The number of nitrogens with zero attached hydrogens (tertiary/aromatic N) is 1. The SMILES string of the molecule is CNC1COCC1C(=O)N(C)CC1CCCO1. The summed E-state index contributed by atoms with van der Waals surface area (Å²) in [7, 11) is 3.73. The zero-order chi connectivity index (χ0) is 12.3. The van der Waals surface area contributed by atoms with Gasteiger partial charge in [0.25, 0.3) is 0 Å². The Bertz CT molecular complexity index is 266. The van der Waals surface area contributed by atoms with Gasteiger partial charge in [-0.25, -0.2) is 0 Å². The van der Waals surface area contributed by atoms with E-state index in [0.29, 0.717) is 19.8 Å². The van der Waals surface area contributed by atoms with Crippen molar-refractivity contribution in [3.05, 3.63) is 0 Å². The van der Waals surface area contributed by atoms with E-state index >= 15 is 0 Å². The maximum Gasteiger partial charge on any atom is 0.229 e. The molecule has 5 nitrogen and oxygen atoms in total. The molecule has 2 fully saturated rings. The van der Waals surface area contributed by atoms with Crippen molar-refractivity contribution < 1.29 is 14.3 Å². The van der Waals surface area contributed by atoms with Crippen molar-refractivity contribution in [2.75, 3.05) is 40.5 Å². The molecule has 0 saturated carbocycles. The first-order valence-corrected chi connectivity index (χ1v) is 6.34. The zero-order valence-electron chi connectivity index (χ0n) is 10.6. The van der Waals surface area contributed by atoms with Gasteiger partial charge in [-0.1, -0.05) is 0 Å². The van der Waals surface area contributed by atoms with Gasteiger partial charge < -0.3 is 19.7 Å². The quantitative estimate of drug-likeness (QED) is 0.745. The Morgan fingerprint density at radius 3 is 2.94 bits per heavy atom. The Labute approximate surface area is 102 Å². The Hall–Kier alpha value is -0.650. The van der Waals surface area contributed by atoms with Crippen molar-refractivity contribution in [2.45, 2.75) is 25.0 Å². The molecule has 0 spiro atoms. The molecule has 0 radical (unpaired) electrons. The van der Waals surface area contributed by atoms with Gasteiger partial charge in [0, 0.05) is 26.2 Å². The molecule has 98 valence electrons. The molecule has 0 aromatic carbocycles. The maximum atomic E-state index is 12.3. The normalized spacial score (nSPS) is 32.9. The highest BCUT2D eigenvalue weighted by molar-refractivity contribution is 5.79. The fourth-order valence-electron chi connectivity index (χ4n) is 2.55. The van der Waals surface area contributed by atoms with E-state index in [1.807, 2.05) is 14.1 Å². The second kappa shape index (κ2) is 5.80. The molecule has 0 aromatic rings. The third kappa shape index (κ3) is 2.97. The molecule has 2 saturated heterocycles. The molecule has 0 aromatic heterocycles. The minimum atomic E-state index is -0.0496. The van der Waals surface area contributed by atoms with E-state index in [2.05, 4.69) is 5.32 Å². The van der Waals surface area contributed by atoms with E-state index in [9.17, 15) is 4.79 Å². The van der Waals surface area contributed by atoms with Gasteiger partial charge in [-0.15, -0.1) is 0 Å². The van der Waals surface area contributed by atoms with Gasteiger partial charge in [0.15, 0.2) is 0 Å². The minimum absolute atomic E-state index is 0.0496. The van der Waals surface area contributed by atoms with Gasteiger partial charge in [-0.3, -0.25) is 4.79 Å². The lowest BCUT2D eigenvalue weighted by molar-refractivity contribution is -0.136. The predicted molar refractivity (Wildman–Crippen MR) is 63.8 cm³/mol. The highest BCUT2D eigenvalue weighted by atomic mass is 16.5. The van der Waals surface area contributed by atoms with E-state index in [4.69, 9.17) is 9.47 Å². The van der Waals surface area contributed by atoms with Gasteiger partial charge in [0.05, 0.1) is 25.2 Å². The molecule has 0 aliphatic carbocycles. The molecule has 0 bridgehead atoms. The van der Waals surface area contributed by atoms with Crippen LogP contribution < -0.4 is 5.32 Å². The summed E-state index contributed by atoms with van der Waals surface area (Å²) in [5.41, 5.74) is 0. The number of likely N-dealkylation sites (N-methyl/N-ethyl adjacent to an activating group) is 2. The Kier molecular flexibility index (Phi) is 4.36. The second-order valence-corrected chi connectivity index (χ2v) is 4.89. The van der Waals surface area contributed by atoms with E-state index in [-0.39, 0.29) is 24.0 Å². The molecular weight excluding hydrogens is 220 g/mol. The first-order valence-electron chi connectivity index (χ1n) is 6.34. The zero-order valence-corrected chi connectivity index (χ0v) is 10.6. The van der Waals surface area contributed by atoms with Crippen molar-refractivity contribution in [1.82, 2.24) is 10.2 Å². The van der Waals surface area contributed by atoms with Crippen LogP contribution in [0.3, 0.4) is 0 Å². The van der Waals surface area contributed by atoms with Crippen LogP contribution in [0.4, 0.5) is 0 Å². The standard InChI is InChI=1S/C12H22N2O3/c1-13-11-8-16-7-10(11)12(15)14(2)6-9-4-3-5-17-9/h9-11,13H,3-8H2,1-2H3. The van der Waals surface area contributed by atoms with Crippen molar-refractivity contribution in [1.29, 1.82) is 0 Å². The van der Waals surface area contributed by atoms with Gasteiger partial charge >= 0.3 is 0 Å². The van der Waals surface area contributed by atoms with Crippen molar-refractivity contribution in [3.63, 3.8) is 0 Å². The summed E-state index contributed by atoms with van der Waals surface area (Å²) in [5.74, 6) is 0.115. The van der Waals surface area contributed by atoms with E-state index in [0.717, 1.165) is 19.4 Å². The Morgan fingerprint density at radius 1 is 1.47 bits per heavy atom. The summed E-state index contributed by atoms with van der Waals surface area (Å²) >= 11 is 0. The summed E-state index contributed by atoms with van der Waals surface area (Å²) in [5, 5.41) is 3.14. The van der Waals surface area contributed by atoms with Crippen molar-refractivity contribution in [2.24, 2.45) is 5.92 Å². The number of ether oxygens (including phenoxy) is 2. The highest BCUT2D eigenvalue weighted by Gasteiger charge is 2.35. The average Bonchev–Trinajstić information content (AvgIpc) is 2.97. The second-order valence-electron chi connectivity index (χ2n) is 4.89. The van der Waals surface area contributed by atoms with Crippen LogP contribution in [-0.2, 0) is 14.3 Å². The number of carbonyl (C=O) groups excluding carboxylic acids is 1. The van der Waals surface area contributed by atoms with Crippen LogP contribution in [0, 0.1) is 5.92 Å². The Balaban J connectivity index is 1.85. The minimum Gasteiger partial charge on any atom is -0.379 e. The van der Waals surface area contributed by atoms with Crippen LogP contribution in [0.1, 0.15) is 12.8 Å². The third-order valence-electron chi connectivity index (χ3n) is 3.65. The smallest absolute Gasteiger partial charge is 0.229 e. The molecule has 1 N–H and O–H groups in total. The first kappa shape index (κ1) is 12.8. The van der Waals surface area contributed by atoms with E-state index in [1.54, 1.807) is 4.90 Å². The molecule has 5 heteroatoms. The van der Waals surface area contributed by atoms with E-state index < -0.39 is 0 Å². The van der Waals surface area contributed by atoms with Crippen LogP contribution in [0.15, 0.2) is 0 Å². The van der Waals surface area contributed by atoms with Crippen LogP contribution in [0.25, 0.3) is 0 Å². The summed E-state index contributed by atoms with van der Waals surface area (Å²) in [4.78, 5) is 14.0. The molecule has 1 amide bonds. The fourth-order valence-corrected chi connectivity index (χ4v) is 2.55. The predicted octanol–water partition coefficient (Wildman–Crippen LogP) is -0.142. The maximum absolute atomic E-state index is 12.3. The Morgan fingerprint density at radius 2 is 2.29 bits per heavy atom. The van der Waals surface area contributed by atoms with Crippen LogP contribution >= 0.6 is 0 Å². The number of rotatable bonds is 4. The summed E-state index contributed by atoms with van der Waals surface area (Å²) < 4.78 is 10.9. The first-order chi connectivity index (χ1) is 8.22. The summed E-state index contributed by atoms with van der Waals surface area (Å²) in [6, 6.07) is 0.148. The largest absolute Gasteiger partial charge is 0.379 e. The monoisotopic (exact) mass is 242 g/mol. The molecule has 2 aliphatic heterocycles. The van der Waals surface area contributed by atoms with Crippen molar-refractivity contribution >= 4 is 5.91 Å². The average molecular weight is 242 g/mol. The van der Waals surface area contributed by atoms with E-state index in [1.165, 1.54) is 0 Å². The van der Waals surface area contributed by atoms with Crippen molar-refractivity contribution in [3.8, 4) is 0 Å². The van der Waals surface area contributed by atoms with Gasteiger partial charge in [-0.2, -0.15) is 0 Å². The van der Waals surface area contributed by atoms with Gasteiger partial charge in [0.2, 0.25) is 5.91 Å². The number of amides is 1. The lowest BCUT2D eigenvalue weighted by atomic mass is 10.0. The summed E-state index contributed by atoms with van der Waals surface area (Å²) in [6.07, 6.45) is 2.39. The molecule has 3 unspecified atom stereocenters. The highest BCUT2D eigenvalue weighted by Crippen LogP contribution is 2.18. The molecule has 2 heterocycles. The van der Waals surface area contributed by atoms with Gasteiger partial charge in [0.1, 0.15) is 0 Å². The number of hydrogen-bond donors (Lipinski definition) is 1. The number of nitrogens with one attached hydrogen (secondary N) is 1. The molecule has 2 rings (SSSR count). The lowest BCUT2D eigenvalue weighted by Crippen LogP contribution is -2.45. The van der Waals surface area contributed by atoms with Gasteiger partial charge in [-0.05, 0) is 19.9 Å². The molecule has 17 heavy (non-hydrogen) atoms. The fraction of sp³-hybridized carbons (Fsp3) is 0.917. The van der Waals surface area contributed by atoms with Crippen LogP contribution in [0.2, 0.25) is 0 Å². The molecule has 3 atom stereocenters. The number of hydrogen-bond acceptors (Lipinski definition) is 4. The topological polar surface area (TPSA) is 50.8 Å². The molecule has 2 aliphatic rings. The van der Waals surface area contributed by atoms with Crippen LogP contribution in [0.5, 0.6) is 0 Å². The summed E-state index contributed by atoms with van der Waals surface area (Å²) in [6.45, 7) is 2.69.